The first-order valence-corrected chi connectivity index (χ1v) is 9.38. The minimum atomic E-state index is 0.520. The van der Waals surface area contributed by atoms with Crippen LogP contribution in [0.3, 0.4) is 0 Å². The maximum absolute atomic E-state index is 6.15. The first-order chi connectivity index (χ1) is 11.8. The van der Waals surface area contributed by atoms with E-state index in [1.54, 1.807) is 0 Å². The van der Waals surface area contributed by atoms with Gasteiger partial charge in [-0.2, -0.15) is 0 Å². The van der Waals surface area contributed by atoms with Crippen LogP contribution in [0.1, 0.15) is 29.1 Å². The van der Waals surface area contributed by atoms with Gasteiger partial charge in [0.15, 0.2) is 4.96 Å². The Kier molecular flexibility index (Phi) is 3.21. The standard InChI is InChI=1S/C20H19N3S/c21-12-17-19(15-10-9-13-5-1-2-6-14(13)11-15)22-20-23(17)16-7-3-4-8-18(16)24-20/h1-2,5-6,9-11H,3-4,7-8,12,21H2. The second-order valence-corrected chi connectivity index (χ2v) is 7.53. The molecule has 3 nitrogen and oxygen atoms in total. The number of nitrogens with two attached hydrogens (primary N) is 1. The molecule has 0 saturated heterocycles. The summed E-state index contributed by atoms with van der Waals surface area (Å²) in [4.78, 5) is 7.57. The zero-order chi connectivity index (χ0) is 16.1. The lowest BCUT2D eigenvalue weighted by atomic mass is 10.0. The van der Waals surface area contributed by atoms with Crippen LogP contribution in [0.4, 0.5) is 0 Å². The van der Waals surface area contributed by atoms with E-state index in [0.717, 1.165) is 28.3 Å². The van der Waals surface area contributed by atoms with Crippen LogP contribution in [0.5, 0.6) is 0 Å². The summed E-state index contributed by atoms with van der Waals surface area (Å²) >= 11 is 1.84. The highest BCUT2D eigenvalue weighted by Gasteiger charge is 2.22. The molecule has 0 atom stereocenters. The summed E-state index contributed by atoms with van der Waals surface area (Å²) in [5.41, 5.74) is 11.0. The molecular formula is C20H19N3S. The summed E-state index contributed by atoms with van der Waals surface area (Å²) in [5, 5.41) is 2.50. The quantitative estimate of drug-likeness (QED) is 0.584. The van der Waals surface area contributed by atoms with Crippen molar-refractivity contribution >= 4 is 27.1 Å². The predicted molar refractivity (Wildman–Crippen MR) is 101 cm³/mol. The topological polar surface area (TPSA) is 43.3 Å². The molecule has 0 bridgehead atoms. The van der Waals surface area contributed by atoms with E-state index in [4.69, 9.17) is 10.7 Å². The van der Waals surface area contributed by atoms with Crippen LogP contribution in [0.2, 0.25) is 0 Å². The summed E-state index contributed by atoms with van der Waals surface area (Å²) < 4.78 is 2.34. The van der Waals surface area contributed by atoms with Crippen molar-refractivity contribution in [3.63, 3.8) is 0 Å². The lowest BCUT2D eigenvalue weighted by Crippen LogP contribution is -2.08. The SMILES string of the molecule is NCc1c(-c2ccc3ccccc3c2)nc2sc3c(n12)CCCC3. The zero-order valence-corrected chi connectivity index (χ0v) is 14.3. The van der Waals surface area contributed by atoms with E-state index in [-0.39, 0.29) is 0 Å². The molecule has 0 unspecified atom stereocenters. The number of thiazole rings is 1. The Labute approximate surface area is 144 Å². The fourth-order valence-corrected chi connectivity index (χ4v) is 5.08. The molecule has 0 amide bonds. The maximum atomic E-state index is 6.15. The van der Waals surface area contributed by atoms with Crippen LogP contribution in [0, 0.1) is 0 Å². The number of benzene rings is 2. The highest BCUT2D eigenvalue weighted by molar-refractivity contribution is 7.17. The van der Waals surface area contributed by atoms with Crippen molar-refractivity contribution in [3.05, 3.63) is 58.7 Å². The summed E-state index contributed by atoms with van der Waals surface area (Å²) in [6.45, 7) is 0.520. The van der Waals surface area contributed by atoms with Gasteiger partial charge in [0.1, 0.15) is 0 Å². The van der Waals surface area contributed by atoms with Gasteiger partial charge < -0.3 is 5.73 Å². The second-order valence-electron chi connectivity index (χ2n) is 6.47. The molecule has 0 fully saturated rings. The molecule has 4 heteroatoms. The third kappa shape index (κ3) is 2.03. The molecule has 1 aliphatic carbocycles. The molecule has 0 aliphatic heterocycles. The summed E-state index contributed by atoms with van der Waals surface area (Å²) in [6.07, 6.45) is 4.91. The van der Waals surface area contributed by atoms with Crippen LogP contribution in [0.25, 0.3) is 27.0 Å². The lowest BCUT2D eigenvalue weighted by molar-refractivity contribution is 0.670. The number of fused-ring (bicyclic) bond motifs is 4. The van der Waals surface area contributed by atoms with E-state index < -0.39 is 0 Å². The van der Waals surface area contributed by atoms with Crippen LogP contribution >= 0.6 is 11.3 Å². The molecule has 4 aromatic rings. The maximum Gasteiger partial charge on any atom is 0.194 e. The summed E-state index contributed by atoms with van der Waals surface area (Å²) in [6, 6.07) is 15.0. The average molecular weight is 333 g/mol. The number of hydrogen-bond acceptors (Lipinski definition) is 3. The molecule has 2 heterocycles. The van der Waals surface area contributed by atoms with Gasteiger partial charge in [-0.15, -0.1) is 11.3 Å². The Hall–Kier alpha value is -2.17. The largest absolute Gasteiger partial charge is 0.325 e. The molecule has 120 valence electrons. The van der Waals surface area contributed by atoms with Crippen LogP contribution in [-0.4, -0.2) is 9.38 Å². The lowest BCUT2D eigenvalue weighted by Gasteiger charge is -2.12. The minimum absolute atomic E-state index is 0.520. The Balaban J connectivity index is 1.74. The number of imidazole rings is 1. The third-order valence-corrected chi connectivity index (χ3v) is 6.17. The number of aromatic nitrogens is 2. The van der Waals surface area contributed by atoms with Gasteiger partial charge in [-0.05, 0) is 42.5 Å². The van der Waals surface area contributed by atoms with Gasteiger partial charge >= 0.3 is 0 Å². The highest BCUT2D eigenvalue weighted by Crippen LogP contribution is 2.35. The molecule has 1 aliphatic rings. The van der Waals surface area contributed by atoms with E-state index in [0.29, 0.717) is 6.54 Å². The summed E-state index contributed by atoms with van der Waals surface area (Å²) in [7, 11) is 0. The van der Waals surface area contributed by atoms with Gasteiger partial charge in [0.05, 0.1) is 11.4 Å². The Morgan fingerprint density at radius 1 is 1.04 bits per heavy atom. The van der Waals surface area contributed by atoms with Crippen LogP contribution < -0.4 is 5.73 Å². The van der Waals surface area contributed by atoms with Gasteiger partial charge in [-0.1, -0.05) is 36.4 Å². The van der Waals surface area contributed by atoms with Crippen molar-refractivity contribution in [3.8, 4) is 11.3 Å². The monoisotopic (exact) mass is 333 g/mol. The molecule has 5 rings (SSSR count). The van der Waals surface area contributed by atoms with E-state index in [2.05, 4.69) is 46.9 Å². The van der Waals surface area contributed by atoms with Crippen LogP contribution in [-0.2, 0) is 19.4 Å². The number of nitrogens with zero attached hydrogens (tertiary/aromatic N) is 2. The second kappa shape index (κ2) is 5.43. The van der Waals surface area contributed by atoms with E-state index >= 15 is 0 Å². The first kappa shape index (κ1) is 14.2. The van der Waals surface area contributed by atoms with Crippen molar-refractivity contribution in [2.24, 2.45) is 5.73 Å². The molecule has 2 N–H and O–H groups in total. The van der Waals surface area contributed by atoms with Crippen molar-refractivity contribution in [1.82, 2.24) is 9.38 Å². The zero-order valence-electron chi connectivity index (χ0n) is 13.5. The Morgan fingerprint density at radius 2 is 1.88 bits per heavy atom. The third-order valence-electron chi connectivity index (χ3n) is 5.03. The van der Waals surface area contributed by atoms with Crippen molar-refractivity contribution < 1.29 is 0 Å². The predicted octanol–water partition coefficient (Wildman–Crippen LogP) is 4.55. The average Bonchev–Trinajstić information content (AvgIpc) is 3.17. The number of aryl methyl sites for hydroxylation is 2. The van der Waals surface area contributed by atoms with Gasteiger partial charge in [-0.3, -0.25) is 4.40 Å². The van der Waals surface area contributed by atoms with Gasteiger partial charge in [0, 0.05) is 22.7 Å². The molecule has 0 spiro atoms. The van der Waals surface area contributed by atoms with Gasteiger partial charge in [0.2, 0.25) is 0 Å². The fraction of sp³-hybridized carbons (Fsp3) is 0.250. The molecule has 2 aromatic carbocycles. The van der Waals surface area contributed by atoms with Gasteiger partial charge in [0.25, 0.3) is 0 Å². The summed E-state index contributed by atoms with van der Waals surface area (Å²) in [5.74, 6) is 0. The van der Waals surface area contributed by atoms with Crippen molar-refractivity contribution in [2.45, 2.75) is 32.2 Å². The van der Waals surface area contributed by atoms with Crippen LogP contribution in [0.15, 0.2) is 42.5 Å². The smallest absolute Gasteiger partial charge is 0.194 e. The fourth-order valence-electron chi connectivity index (χ4n) is 3.85. The van der Waals surface area contributed by atoms with E-state index in [9.17, 15) is 0 Å². The Morgan fingerprint density at radius 3 is 2.75 bits per heavy atom. The molecule has 24 heavy (non-hydrogen) atoms. The van der Waals surface area contributed by atoms with Crippen molar-refractivity contribution in [1.29, 1.82) is 0 Å². The molecule has 0 radical (unpaired) electrons. The number of rotatable bonds is 2. The normalized spacial score (nSPS) is 14.4. The van der Waals surface area contributed by atoms with Gasteiger partial charge in [-0.25, -0.2) is 4.98 Å². The highest BCUT2D eigenvalue weighted by atomic mass is 32.1. The minimum Gasteiger partial charge on any atom is -0.325 e. The molecule has 0 saturated carbocycles. The number of hydrogen-bond donors (Lipinski definition) is 1. The Bertz CT molecular complexity index is 1060. The van der Waals surface area contributed by atoms with E-state index in [1.165, 1.54) is 40.6 Å². The molecule has 2 aromatic heterocycles. The van der Waals surface area contributed by atoms with Crippen molar-refractivity contribution in [2.75, 3.05) is 0 Å². The first-order valence-electron chi connectivity index (χ1n) is 8.56. The van der Waals surface area contributed by atoms with E-state index in [1.807, 2.05) is 11.3 Å². The molecular weight excluding hydrogens is 314 g/mol.